The molecule has 25 heavy (non-hydrogen) atoms. The van der Waals surface area contributed by atoms with Gasteiger partial charge in [0.25, 0.3) is 0 Å². The Labute approximate surface area is 145 Å². The minimum atomic E-state index is 0.114. The Bertz CT molecular complexity index is 925. The van der Waals surface area contributed by atoms with E-state index in [0.29, 0.717) is 24.6 Å². The van der Waals surface area contributed by atoms with Gasteiger partial charge in [0.05, 0.1) is 12.4 Å². The zero-order chi connectivity index (χ0) is 17.1. The van der Waals surface area contributed by atoms with Crippen LogP contribution in [0.5, 0.6) is 5.75 Å². The Morgan fingerprint density at radius 1 is 0.840 bits per heavy atom. The predicted octanol–water partition coefficient (Wildman–Crippen LogP) is 3.64. The number of benzene rings is 2. The molecule has 0 radical (unpaired) electrons. The first-order chi connectivity index (χ1) is 12.3. The molecule has 0 saturated carbocycles. The Kier molecular flexibility index (Phi) is 4.04. The van der Waals surface area contributed by atoms with Gasteiger partial charge in [0.1, 0.15) is 0 Å². The van der Waals surface area contributed by atoms with Gasteiger partial charge >= 0.3 is 0 Å². The van der Waals surface area contributed by atoms with Crippen molar-refractivity contribution in [2.75, 3.05) is 4.90 Å². The molecule has 5 nitrogen and oxygen atoms in total. The van der Waals surface area contributed by atoms with Crippen LogP contribution >= 0.6 is 0 Å². The lowest BCUT2D eigenvalue weighted by atomic mass is 10.1. The zero-order valence-electron chi connectivity index (χ0n) is 13.7. The molecule has 0 atom stereocenters. The molecular weight excluding hydrogens is 312 g/mol. The molecule has 2 aromatic carbocycles. The number of aromatic hydroxyl groups is 1. The summed E-state index contributed by atoms with van der Waals surface area (Å²) in [6, 6.07) is 22.2. The highest BCUT2D eigenvalue weighted by Gasteiger charge is 2.16. The van der Waals surface area contributed by atoms with Crippen LogP contribution in [0.3, 0.4) is 0 Å². The number of rotatable bonds is 5. The number of anilines is 1. The van der Waals surface area contributed by atoms with Crippen LogP contribution in [0.4, 0.5) is 5.82 Å². The minimum Gasteiger partial charge on any atom is -0.503 e. The first kappa shape index (κ1) is 15.2. The topological polar surface area (TPSA) is 53.7 Å². The molecule has 0 aliphatic rings. The molecule has 0 amide bonds. The number of hydrogen-bond acceptors (Lipinski definition) is 4. The van der Waals surface area contributed by atoms with Crippen molar-refractivity contribution >= 4 is 11.5 Å². The quantitative estimate of drug-likeness (QED) is 0.607. The normalized spacial score (nSPS) is 10.9. The zero-order valence-corrected chi connectivity index (χ0v) is 13.7. The second kappa shape index (κ2) is 6.65. The molecule has 0 unspecified atom stereocenters. The molecule has 4 aromatic rings. The first-order valence-corrected chi connectivity index (χ1v) is 8.16. The summed E-state index contributed by atoms with van der Waals surface area (Å²) < 4.78 is 1.57. The summed E-state index contributed by atoms with van der Waals surface area (Å²) in [5.41, 5.74) is 3.03. The van der Waals surface area contributed by atoms with Gasteiger partial charge in [-0.2, -0.15) is 5.10 Å². The molecular formula is C20H18N4O. The second-order valence-electron chi connectivity index (χ2n) is 5.91. The Balaban J connectivity index is 1.73. The smallest absolute Gasteiger partial charge is 0.177 e. The summed E-state index contributed by atoms with van der Waals surface area (Å²) in [4.78, 5) is 6.68. The molecule has 0 saturated heterocycles. The van der Waals surface area contributed by atoms with E-state index in [-0.39, 0.29) is 5.75 Å². The second-order valence-corrected chi connectivity index (χ2v) is 5.91. The van der Waals surface area contributed by atoms with Crippen LogP contribution in [0.25, 0.3) is 5.65 Å². The molecule has 0 spiro atoms. The molecule has 2 aromatic heterocycles. The van der Waals surface area contributed by atoms with Crippen molar-refractivity contribution in [2.45, 2.75) is 13.1 Å². The maximum absolute atomic E-state index is 10.5. The van der Waals surface area contributed by atoms with Crippen molar-refractivity contribution in [2.24, 2.45) is 0 Å². The van der Waals surface area contributed by atoms with E-state index in [4.69, 9.17) is 0 Å². The molecule has 0 fully saturated rings. The van der Waals surface area contributed by atoms with Crippen LogP contribution in [0.1, 0.15) is 11.1 Å². The standard InChI is InChI=1S/C20H18N4O/c25-18-15-24-19(11-12-21-24)22-20(18)23(13-16-7-3-1-4-8-16)14-17-9-5-2-6-10-17/h1-12,15,25H,13-14H2. The van der Waals surface area contributed by atoms with Gasteiger partial charge in [-0.25, -0.2) is 9.50 Å². The van der Waals surface area contributed by atoms with Crippen LogP contribution in [0.2, 0.25) is 0 Å². The van der Waals surface area contributed by atoms with Crippen molar-refractivity contribution in [3.8, 4) is 5.75 Å². The van der Waals surface area contributed by atoms with Gasteiger partial charge in [-0.3, -0.25) is 0 Å². The molecule has 5 heteroatoms. The predicted molar refractivity (Wildman–Crippen MR) is 97.4 cm³/mol. The van der Waals surface area contributed by atoms with E-state index in [1.165, 1.54) is 0 Å². The van der Waals surface area contributed by atoms with Crippen LogP contribution in [0, 0.1) is 0 Å². The third kappa shape index (κ3) is 3.30. The van der Waals surface area contributed by atoms with E-state index < -0.39 is 0 Å². The van der Waals surface area contributed by atoms with Crippen LogP contribution in [0.15, 0.2) is 79.1 Å². The van der Waals surface area contributed by atoms with Crippen molar-refractivity contribution in [1.82, 2.24) is 14.6 Å². The molecule has 0 bridgehead atoms. The van der Waals surface area contributed by atoms with Crippen LogP contribution < -0.4 is 4.90 Å². The fourth-order valence-corrected chi connectivity index (χ4v) is 2.88. The average molecular weight is 330 g/mol. The average Bonchev–Trinajstić information content (AvgIpc) is 3.09. The molecule has 1 N–H and O–H groups in total. The van der Waals surface area contributed by atoms with Crippen LogP contribution in [-0.4, -0.2) is 19.7 Å². The van der Waals surface area contributed by atoms with Crippen molar-refractivity contribution in [3.05, 3.63) is 90.3 Å². The van der Waals surface area contributed by atoms with E-state index in [0.717, 1.165) is 11.1 Å². The minimum absolute atomic E-state index is 0.114. The van der Waals surface area contributed by atoms with Crippen molar-refractivity contribution < 1.29 is 5.11 Å². The van der Waals surface area contributed by atoms with Gasteiger partial charge in [0.15, 0.2) is 17.2 Å². The highest BCUT2D eigenvalue weighted by atomic mass is 16.3. The number of hydrogen-bond donors (Lipinski definition) is 1. The Morgan fingerprint density at radius 3 is 2.04 bits per heavy atom. The molecule has 0 aliphatic carbocycles. The highest BCUT2D eigenvalue weighted by Crippen LogP contribution is 2.28. The largest absolute Gasteiger partial charge is 0.503 e. The van der Waals surface area contributed by atoms with E-state index >= 15 is 0 Å². The Morgan fingerprint density at radius 2 is 1.44 bits per heavy atom. The molecule has 4 rings (SSSR count). The lowest BCUT2D eigenvalue weighted by Crippen LogP contribution is -2.23. The lowest BCUT2D eigenvalue weighted by Gasteiger charge is -2.25. The summed E-state index contributed by atoms with van der Waals surface area (Å²) in [5.74, 6) is 0.670. The number of aromatic nitrogens is 3. The van der Waals surface area contributed by atoms with E-state index in [9.17, 15) is 5.11 Å². The summed E-state index contributed by atoms with van der Waals surface area (Å²) in [6.07, 6.45) is 3.27. The van der Waals surface area contributed by atoms with Crippen molar-refractivity contribution in [3.63, 3.8) is 0 Å². The monoisotopic (exact) mass is 330 g/mol. The van der Waals surface area contributed by atoms with Gasteiger partial charge in [0.2, 0.25) is 0 Å². The van der Waals surface area contributed by atoms with Crippen molar-refractivity contribution in [1.29, 1.82) is 0 Å². The van der Waals surface area contributed by atoms with Gasteiger partial charge < -0.3 is 10.0 Å². The summed E-state index contributed by atoms with van der Waals surface area (Å²) in [6.45, 7) is 1.31. The SMILES string of the molecule is Oc1cn2nccc2nc1N(Cc1ccccc1)Cc1ccccc1. The first-order valence-electron chi connectivity index (χ1n) is 8.16. The maximum Gasteiger partial charge on any atom is 0.177 e. The lowest BCUT2D eigenvalue weighted by molar-refractivity contribution is 0.465. The van der Waals surface area contributed by atoms with E-state index in [2.05, 4.69) is 39.2 Å². The third-order valence-electron chi connectivity index (χ3n) is 4.08. The summed E-state index contributed by atoms with van der Waals surface area (Å²) in [7, 11) is 0. The fraction of sp³-hybridized carbons (Fsp3) is 0.100. The third-order valence-corrected chi connectivity index (χ3v) is 4.08. The van der Waals surface area contributed by atoms with Crippen LogP contribution in [-0.2, 0) is 13.1 Å². The number of nitrogens with zero attached hydrogens (tertiary/aromatic N) is 4. The van der Waals surface area contributed by atoms with Gasteiger partial charge in [-0.1, -0.05) is 60.7 Å². The fourth-order valence-electron chi connectivity index (χ4n) is 2.88. The molecule has 0 aliphatic heterocycles. The van der Waals surface area contributed by atoms with Gasteiger partial charge in [0, 0.05) is 19.2 Å². The Hall–Kier alpha value is -3.34. The van der Waals surface area contributed by atoms with Gasteiger partial charge in [-0.15, -0.1) is 0 Å². The maximum atomic E-state index is 10.5. The van der Waals surface area contributed by atoms with E-state index in [1.807, 2.05) is 42.5 Å². The highest BCUT2D eigenvalue weighted by molar-refractivity contribution is 5.56. The van der Waals surface area contributed by atoms with E-state index in [1.54, 1.807) is 16.9 Å². The molecule has 2 heterocycles. The summed E-state index contributed by atoms with van der Waals surface area (Å²) in [5, 5.41) is 14.6. The van der Waals surface area contributed by atoms with Gasteiger partial charge in [-0.05, 0) is 11.1 Å². The molecule has 124 valence electrons. The number of fused-ring (bicyclic) bond motifs is 1. The summed E-state index contributed by atoms with van der Waals surface area (Å²) >= 11 is 0.